The van der Waals surface area contributed by atoms with E-state index in [0.717, 1.165) is 15.4 Å². The lowest BCUT2D eigenvalue weighted by Crippen LogP contribution is -2.34. The third kappa shape index (κ3) is 3.98. The molecule has 0 radical (unpaired) electrons. The van der Waals surface area contributed by atoms with E-state index in [2.05, 4.69) is 31.9 Å². The maximum atomic E-state index is 13.0. The van der Waals surface area contributed by atoms with Gasteiger partial charge in [-0.1, -0.05) is 30.3 Å². The number of nitrogens with zero attached hydrogens (tertiary/aromatic N) is 1. The van der Waals surface area contributed by atoms with Gasteiger partial charge in [-0.05, 0) is 48.0 Å². The Balaban J connectivity index is 1.88. The fourth-order valence-corrected chi connectivity index (χ4v) is 3.68. The molecule has 3 amide bonds. The van der Waals surface area contributed by atoms with Crippen LogP contribution in [0.15, 0.2) is 53.0 Å². The summed E-state index contributed by atoms with van der Waals surface area (Å²) in [5.41, 5.74) is 2.52. The summed E-state index contributed by atoms with van der Waals surface area (Å²) in [4.78, 5) is 25.0. The molecule has 3 aromatic rings. The minimum Gasteiger partial charge on any atom is -0.339 e. The number of anilines is 2. The monoisotopic (exact) mass is 428 g/mol. The van der Waals surface area contributed by atoms with Crippen molar-refractivity contribution in [1.29, 1.82) is 0 Å². The van der Waals surface area contributed by atoms with Gasteiger partial charge in [0.05, 0.1) is 15.8 Å². The standard InChI is InChI=1S/C20H21BrN4O2/c1-12(2)22-20(27)24-15-10-6-5-9-14(15)23-19(26)18-17(21)13-8-4-7-11-16(13)25(18)3/h4-12H,1-3H3,(H,23,26)(H2,22,24,27). The Morgan fingerprint density at radius 1 is 0.963 bits per heavy atom. The van der Waals surface area contributed by atoms with E-state index in [0.29, 0.717) is 17.1 Å². The quantitative estimate of drug-likeness (QED) is 0.561. The van der Waals surface area contributed by atoms with Gasteiger partial charge in [0.1, 0.15) is 5.69 Å². The van der Waals surface area contributed by atoms with Gasteiger partial charge in [0.15, 0.2) is 0 Å². The molecule has 1 heterocycles. The summed E-state index contributed by atoms with van der Waals surface area (Å²) >= 11 is 3.54. The number of aryl methyl sites for hydroxylation is 1. The van der Waals surface area contributed by atoms with Crippen molar-refractivity contribution in [2.75, 3.05) is 10.6 Å². The summed E-state index contributed by atoms with van der Waals surface area (Å²) in [5.74, 6) is -0.265. The van der Waals surface area contributed by atoms with Crippen molar-refractivity contribution in [3.05, 3.63) is 58.7 Å². The van der Waals surface area contributed by atoms with Crippen molar-refractivity contribution in [1.82, 2.24) is 9.88 Å². The van der Waals surface area contributed by atoms with Gasteiger partial charge < -0.3 is 20.5 Å². The molecule has 7 heteroatoms. The van der Waals surface area contributed by atoms with Crippen LogP contribution in [0.5, 0.6) is 0 Å². The van der Waals surface area contributed by atoms with Crippen molar-refractivity contribution in [3.8, 4) is 0 Å². The molecular weight excluding hydrogens is 408 g/mol. The Hall–Kier alpha value is -2.80. The van der Waals surface area contributed by atoms with Crippen LogP contribution in [0.4, 0.5) is 16.2 Å². The number of para-hydroxylation sites is 3. The molecular formula is C20H21BrN4O2. The highest BCUT2D eigenvalue weighted by Crippen LogP contribution is 2.31. The number of halogens is 1. The fourth-order valence-electron chi connectivity index (χ4n) is 2.90. The predicted octanol–water partition coefficient (Wildman–Crippen LogP) is 4.72. The van der Waals surface area contributed by atoms with E-state index in [1.807, 2.05) is 49.7 Å². The second kappa shape index (κ2) is 7.84. The maximum absolute atomic E-state index is 13.0. The average molecular weight is 429 g/mol. The molecule has 6 nitrogen and oxygen atoms in total. The number of carbonyl (C=O) groups excluding carboxylic acids is 2. The lowest BCUT2D eigenvalue weighted by Gasteiger charge is -2.14. The van der Waals surface area contributed by atoms with Gasteiger partial charge in [-0.2, -0.15) is 0 Å². The van der Waals surface area contributed by atoms with Crippen LogP contribution in [-0.4, -0.2) is 22.5 Å². The van der Waals surface area contributed by atoms with E-state index >= 15 is 0 Å². The van der Waals surface area contributed by atoms with Crippen LogP contribution in [0, 0.1) is 0 Å². The molecule has 0 bridgehead atoms. The van der Waals surface area contributed by atoms with E-state index in [9.17, 15) is 9.59 Å². The fraction of sp³-hybridized carbons (Fsp3) is 0.200. The van der Waals surface area contributed by atoms with Gasteiger partial charge in [-0.25, -0.2) is 4.79 Å². The minimum absolute atomic E-state index is 0.0125. The normalized spacial score (nSPS) is 10.9. The van der Waals surface area contributed by atoms with E-state index in [1.165, 1.54) is 0 Å². The second-order valence-corrected chi connectivity index (χ2v) is 7.28. The lowest BCUT2D eigenvalue weighted by molar-refractivity contribution is 0.101. The van der Waals surface area contributed by atoms with E-state index in [4.69, 9.17) is 0 Å². The SMILES string of the molecule is CC(C)NC(=O)Nc1ccccc1NC(=O)c1c(Br)c2ccccc2n1C. The number of amides is 3. The molecule has 0 fully saturated rings. The number of benzene rings is 2. The molecule has 27 heavy (non-hydrogen) atoms. The highest BCUT2D eigenvalue weighted by Gasteiger charge is 2.20. The Morgan fingerprint density at radius 2 is 1.56 bits per heavy atom. The van der Waals surface area contributed by atoms with Gasteiger partial charge in [0, 0.05) is 24.0 Å². The van der Waals surface area contributed by atoms with Crippen molar-refractivity contribution in [2.24, 2.45) is 7.05 Å². The first-order chi connectivity index (χ1) is 12.9. The summed E-state index contributed by atoms with van der Waals surface area (Å²) in [6.45, 7) is 3.76. The molecule has 3 N–H and O–H groups in total. The van der Waals surface area contributed by atoms with Gasteiger partial charge in [0.2, 0.25) is 0 Å². The topological polar surface area (TPSA) is 75.2 Å². The minimum atomic E-state index is -0.322. The van der Waals surface area contributed by atoms with Crippen LogP contribution >= 0.6 is 15.9 Å². The first-order valence-electron chi connectivity index (χ1n) is 8.59. The van der Waals surface area contributed by atoms with Crippen LogP contribution in [0.1, 0.15) is 24.3 Å². The summed E-state index contributed by atoms with van der Waals surface area (Å²) in [6.07, 6.45) is 0. The highest BCUT2D eigenvalue weighted by molar-refractivity contribution is 9.10. The molecule has 0 spiro atoms. The van der Waals surface area contributed by atoms with Crippen LogP contribution in [-0.2, 0) is 7.05 Å². The second-order valence-electron chi connectivity index (χ2n) is 6.49. The first-order valence-corrected chi connectivity index (χ1v) is 9.38. The molecule has 2 aromatic carbocycles. The zero-order valence-corrected chi connectivity index (χ0v) is 16.9. The smallest absolute Gasteiger partial charge is 0.319 e. The average Bonchev–Trinajstić information content (AvgIpc) is 2.87. The van der Waals surface area contributed by atoms with E-state index < -0.39 is 0 Å². The molecule has 140 valence electrons. The third-order valence-corrected chi connectivity index (χ3v) is 4.91. The Morgan fingerprint density at radius 3 is 2.19 bits per heavy atom. The van der Waals surface area contributed by atoms with Crippen LogP contribution in [0.25, 0.3) is 10.9 Å². The molecule has 3 rings (SSSR count). The molecule has 1 aromatic heterocycles. The number of urea groups is 1. The Kier molecular flexibility index (Phi) is 5.51. The van der Waals surface area contributed by atoms with E-state index in [1.54, 1.807) is 24.3 Å². The number of hydrogen-bond donors (Lipinski definition) is 3. The maximum Gasteiger partial charge on any atom is 0.319 e. The number of nitrogens with one attached hydrogen (secondary N) is 3. The zero-order chi connectivity index (χ0) is 19.6. The predicted molar refractivity (Wildman–Crippen MR) is 112 cm³/mol. The van der Waals surface area contributed by atoms with Gasteiger partial charge in [0.25, 0.3) is 5.91 Å². The van der Waals surface area contributed by atoms with Gasteiger partial charge >= 0.3 is 6.03 Å². The molecule has 0 atom stereocenters. The summed E-state index contributed by atoms with van der Waals surface area (Å²) in [6, 6.07) is 14.6. The van der Waals surface area contributed by atoms with Crippen LogP contribution < -0.4 is 16.0 Å². The molecule has 0 saturated heterocycles. The number of hydrogen-bond acceptors (Lipinski definition) is 2. The van der Waals surface area contributed by atoms with Crippen molar-refractivity contribution in [3.63, 3.8) is 0 Å². The largest absolute Gasteiger partial charge is 0.339 e. The number of fused-ring (bicyclic) bond motifs is 1. The third-order valence-electron chi connectivity index (χ3n) is 4.10. The Bertz CT molecular complexity index is 971. The Labute approximate surface area is 166 Å². The van der Waals surface area contributed by atoms with Crippen LogP contribution in [0.2, 0.25) is 0 Å². The van der Waals surface area contributed by atoms with Gasteiger partial charge in [-0.3, -0.25) is 4.79 Å². The van der Waals surface area contributed by atoms with Gasteiger partial charge in [-0.15, -0.1) is 0 Å². The molecule has 0 aliphatic rings. The van der Waals surface area contributed by atoms with Crippen molar-refractivity contribution < 1.29 is 9.59 Å². The summed E-state index contributed by atoms with van der Waals surface area (Å²) < 4.78 is 2.58. The number of aromatic nitrogens is 1. The lowest BCUT2D eigenvalue weighted by atomic mass is 10.2. The van der Waals surface area contributed by atoms with Crippen LogP contribution in [0.3, 0.4) is 0 Å². The first kappa shape index (κ1) is 19.0. The molecule has 0 unspecified atom stereocenters. The van der Waals surface area contributed by atoms with Crippen molar-refractivity contribution in [2.45, 2.75) is 19.9 Å². The summed E-state index contributed by atoms with van der Waals surface area (Å²) in [5, 5.41) is 9.40. The molecule has 0 aliphatic heterocycles. The summed E-state index contributed by atoms with van der Waals surface area (Å²) in [7, 11) is 1.85. The van der Waals surface area contributed by atoms with E-state index in [-0.39, 0.29) is 18.0 Å². The molecule has 0 saturated carbocycles. The number of rotatable bonds is 4. The number of carbonyl (C=O) groups is 2. The highest BCUT2D eigenvalue weighted by atomic mass is 79.9. The zero-order valence-electron chi connectivity index (χ0n) is 15.3. The van der Waals surface area contributed by atoms with Crippen molar-refractivity contribution >= 4 is 50.1 Å². The molecule has 0 aliphatic carbocycles.